The Morgan fingerprint density at radius 3 is 2.36 bits per heavy atom. The van der Waals surface area contributed by atoms with Crippen LogP contribution in [0.4, 0.5) is 16.2 Å². The topological polar surface area (TPSA) is 92.6 Å². The van der Waals surface area contributed by atoms with E-state index in [1.54, 1.807) is 43.7 Å². The summed E-state index contributed by atoms with van der Waals surface area (Å²) < 4.78 is 10.7. The lowest BCUT2D eigenvalue weighted by atomic mass is 10.1. The molecule has 0 spiro atoms. The minimum absolute atomic E-state index is 0.0543. The fourth-order valence-corrected chi connectivity index (χ4v) is 2.77. The van der Waals surface area contributed by atoms with Crippen molar-refractivity contribution in [1.82, 2.24) is 5.32 Å². The van der Waals surface area contributed by atoms with E-state index in [1.165, 1.54) is 0 Å². The number of carbonyl (C=O) groups excluding carboxylic acids is 2. The van der Waals surface area contributed by atoms with Gasteiger partial charge in [-0.2, -0.15) is 0 Å². The van der Waals surface area contributed by atoms with Crippen LogP contribution in [0, 0.1) is 0 Å². The van der Waals surface area contributed by atoms with Crippen molar-refractivity contribution < 1.29 is 18.7 Å². The Morgan fingerprint density at radius 2 is 1.71 bits per heavy atom. The van der Waals surface area contributed by atoms with Crippen molar-refractivity contribution in [2.45, 2.75) is 26.3 Å². The van der Waals surface area contributed by atoms with Gasteiger partial charge in [-0.1, -0.05) is 0 Å². The van der Waals surface area contributed by atoms with Crippen LogP contribution in [0.25, 0.3) is 11.0 Å². The molecule has 0 aliphatic carbocycles. The highest BCUT2D eigenvalue weighted by Gasteiger charge is 2.12. The van der Waals surface area contributed by atoms with E-state index >= 15 is 0 Å². The molecule has 2 aromatic carbocycles. The number of hydrogen-bond donors (Lipinski definition) is 3. The second-order valence-electron chi connectivity index (χ2n) is 6.68. The van der Waals surface area contributed by atoms with Crippen molar-refractivity contribution in [3.05, 3.63) is 54.3 Å². The number of nitrogens with one attached hydrogen (secondary N) is 3. The van der Waals surface area contributed by atoms with Crippen molar-refractivity contribution in [2.75, 3.05) is 17.7 Å². The van der Waals surface area contributed by atoms with Crippen LogP contribution in [-0.2, 0) is 11.2 Å². The molecule has 1 aromatic heterocycles. The first-order valence-electron chi connectivity index (χ1n) is 8.96. The third-order valence-corrected chi connectivity index (χ3v) is 4.06. The highest BCUT2D eigenvalue weighted by atomic mass is 16.5. The number of hydrogen-bond acceptors (Lipinski definition) is 4. The molecule has 0 atom stereocenters. The van der Waals surface area contributed by atoms with Gasteiger partial charge >= 0.3 is 6.03 Å². The predicted octanol–water partition coefficient (Wildman–Crippen LogP) is 4.15. The van der Waals surface area contributed by atoms with Gasteiger partial charge in [-0.3, -0.25) is 4.79 Å². The van der Waals surface area contributed by atoms with Gasteiger partial charge in [0.2, 0.25) is 5.91 Å². The molecule has 0 radical (unpaired) electrons. The van der Waals surface area contributed by atoms with Gasteiger partial charge < -0.3 is 25.1 Å². The van der Waals surface area contributed by atoms with E-state index in [0.29, 0.717) is 22.7 Å². The Balaban J connectivity index is 1.60. The molecule has 1 heterocycles. The zero-order valence-corrected chi connectivity index (χ0v) is 16.0. The molecule has 7 nitrogen and oxygen atoms in total. The number of ether oxygens (including phenoxy) is 1. The summed E-state index contributed by atoms with van der Waals surface area (Å²) in [6.07, 6.45) is 1.78. The van der Waals surface area contributed by atoms with Gasteiger partial charge in [-0.15, -0.1) is 0 Å². The minimum atomic E-state index is -0.268. The number of urea groups is 1. The molecule has 28 heavy (non-hydrogen) atoms. The van der Waals surface area contributed by atoms with E-state index in [4.69, 9.17) is 9.15 Å². The van der Waals surface area contributed by atoms with Gasteiger partial charge in [0.15, 0.2) is 0 Å². The van der Waals surface area contributed by atoms with Crippen LogP contribution in [0.1, 0.15) is 19.4 Å². The molecule has 0 bridgehead atoms. The zero-order valence-electron chi connectivity index (χ0n) is 16.0. The second kappa shape index (κ2) is 8.47. The van der Waals surface area contributed by atoms with Crippen molar-refractivity contribution in [2.24, 2.45) is 0 Å². The van der Waals surface area contributed by atoms with E-state index in [1.807, 2.05) is 26.0 Å². The summed E-state index contributed by atoms with van der Waals surface area (Å²) >= 11 is 0. The molecule has 0 saturated carbocycles. The minimum Gasteiger partial charge on any atom is -0.497 e. The average molecular weight is 381 g/mol. The van der Waals surface area contributed by atoms with E-state index in [2.05, 4.69) is 16.0 Å². The summed E-state index contributed by atoms with van der Waals surface area (Å²) in [7, 11) is 1.59. The van der Waals surface area contributed by atoms with Crippen molar-refractivity contribution in [3.8, 4) is 5.75 Å². The molecule has 3 N–H and O–H groups in total. The fraction of sp³-hybridized carbons (Fsp3) is 0.238. The number of furan rings is 1. The summed E-state index contributed by atoms with van der Waals surface area (Å²) in [5, 5.41) is 9.21. The molecule has 7 heteroatoms. The van der Waals surface area contributed by atoms with Crippen LogP contribution in [0.15, 0.2) is 53.1 Å². The maximum atomic E-state index is 12.4. The molecular formula is C21H23N3O4. The quantitative estimate of drug-likeness (QED) is 0.598. The highest BCUT2D eigenvalue weighted by Crippen LogP contribution is 2.26. The van der Waals surface area contributed by atoms with Crippen LogP contribution in [0.3, 0.4) is 0 Å². The highest BCUT2D eigenvalue weighted by molar-refractivity contribution is 5.96. The standard InChI is InChI=1S/C21H23N3O4/c1-13(2)22-21(26)24-16-6-4-15(5-7-16)23-20(25)10-14-12-28-19-11-17(27-3)8-9-18(14)19/h4-9,11-13H,10H2,1-3H3,(H,23,25)(H2,22,24,26). The number of carbonyl (C=O) groups is 2. The van der Waals surface area contributed by atoms with Crippen LogP contribution < -0.4 is 20.7 Å². The smallest absolute Gasteiger partial charge is 0.319 e. The van der Waals surface area contributed by atoms with E-state index in [9.17, 15) is 9.59 Å². The van der Waals surface area contributed by atoms with Gasteiger partial charge in [-0.05, 0) is 50.2 Å². The zero-order chi connectivity index (χ0) is 20.1. The van der Waals surface area contributed by atoms with Crippen LogP contribution in [0.2, 0.25) is 0 Å². The number of amides is 3. The SMILES string of the molecule is COc1ccc2c(CC(=O)Nc3ccc(NC(=O)NC(C)C)cc3)coc2c1. The number of anilines is 2. The van der Waals surface area contributed by atoms with Gasteiger partial charge in [0.1, 0.15) is 11.3 Å². The first kappa shape index (κ1) is 19.3. The Bertz CT molecular complexity index is 977. The van der Waals surface area contributed by atoms with Crippen molar-refractivity contribution in [3.63, 3.8) is 0 Å². The molecular weight excluding hydrogens is 358 g/mol. The molecule has 3 rings (SSSR count). The lowest BCUT2D eigenvalue weighted by molar-refractivity contribution is -0.115. The second-order valence-corrected chi connectivity index (χ2v) is 6.68. The Hall–Kier alpha value is -3.48. The fourth-order valence-electron chi connectivity index (χ4n) is 2.77. The van der Waals surface area contributed by atoms with Crippen molar-refractivity contribution >= 4 is 34.3 Å². The lowest BCUT2D eigenvalue weighted by Gasteiger charge is -2.11. The van der Waals surface area contributed by atoms with E-state index < -0.39 is 0 Å². The summed E-state index contributed by atoms with van der Waals surface area (Å²) in [6, 6.07) is 12.2. The third-order valence-electron chi connectivity index (χ3n) is 4.06. The first-order valence-corrected chi connectivity index (χ1v) is 8.96. The summed E-state index contributed by atoms with van der Waals surface area (Å²) in [5.74, 6) is 0.547. The van der Waals surface area contributed by atoms with Gasteiger partial charge in [-0.25, -0.2) is 4.79 Å². The molecule has 3 aromatic rings. The third kappa shape index (κ3) is 4.82. The maximum Gasteiger partial charge on any atom is 0.319 e. The number of methoxy groups -OCH3 is 1. The predicted molar refractivity (Wildman–Crippen MR) is 109 cm³/mol. The van der Waals surface area contributed by atoms with E-state index in [0.717, 1.165) is 10.9 Å². The number of rotatable bonds is 6. The molecule has 0 unspecified atom stereocenters. The molecule has 0 fully saturated rings. The Labute approximate surface area is 163 Å². The first-order chi connectivity index (χ1) is 13.4. The summed E-state index contributed by atoms with van der Waals surface area (Å²) in [5.41, 5.74) is 2.77. The van der Waals surface area contributed by atoms with E-state index in [-0.39, 0.29) is 24.4 Å². The van der Waals surface area contributed by atoms with Crippen molar-refractivity contribution in [1.29, 1.82) is 0 Å². The molecule has 146 valence electrons. The Morgan fingerprint density at radius 1 is 1.04 bits per heavy atom. The summed E-state index contributed by atoms with van der Waals surface area (Å²) in [4.78, 5) is 24.1. The van der Waals surface area contributed by atoms with Gasteiger partial charge in [0.25, 0.3) is 0 Å². The molecule has 0 aliphatic rings. The largest absolute Gasteiger partial charge is 0.497 e. The van der Waals surface area contributed by atoms with Gasteiger partial charge in [0.05, 0.1) is 19.8 Å². The summed E-state index contributed by atoms with van der Waals surface area (Å²) in [6.45, 7) is 3.77. The van der Waals surface area contributed by atoms with Crippen LogP contribution in [-0.4, -0.2) is 25.1 Å². The average Bonchev–Trinajstić information content (AvgIpc) is 3.04. The van der Waals surface area contributed by atoms with Gasteiger partial charge in [0, 0.05) is 34.4 Å². The maximum absolute atomic E-state index is 12.4. The monoisotopic (exact) mass is 381 g/mol. The lowest BCUT2D eigenvalue weighted by Crippen LogP contribution is -2.34. The van der Waals surface area contributed by atoms with Crippen LogP contribution in [0.5, 0.6) is 5.75 Å². The molecule has 3 amide bonds. The molecule has 0 aliphatic heterocycles. The van der Waals surface area contributed by atoms with Crippen LogP contribution >= 0.6 is 0 Å². The Kier molecular flexibility index (Phi) is 5.84. The number of fused-ring (bicyclic) bond motifs is 1. The number of benzene rings is 2. The normalized spacial score (nSPS) is 10.7. The molecule has 0 saturated heterocycles.